The zero-order chi connectivity index (χ0) is 21.3. The van der Waals surface area contributed by atoms with Gasteiger partial charge in [0.25, 0.3) is 5.91 Å². The zero-order valence-corrected chi connectivity index (χ0v) is 18.2. The van der Waals surface area contributed by atoms with Crippen LogP contribution in [0.5, 0.6) is 0 Å². The summed E-state index contributed by atoms with van der Waals surface area (Å²) in [6.07, 6.45) is 1.54. The molecule has 0 saturated carbocycles. The lowest BCUT2D eigenvalue weighted by Crippen LogP contribution is -2.42. The minimum absolute atomic E-state index is 0.0914. The predicted octanol–water partition coefficient (Wildman–Crippen LogP) is 4.86. The summed E-state index contributed by atoms with van der Waals surface area (Å²) < 4.78 is 0. The Morgan fingerprint density at radius 1 is 1.23 bits per heavy atom. The molecule has 2 amide bonds. The number of rotatable bonds is 5. The maximum absolute atomic E-state index is 13.0. The number of hydrogen-bond acceptors (Lipinski definition) is 5. The highest BCUT2D eigenvalue weighted by Gasteiger charge is 2.41. The number of thioether (sulfide) groups is 1. The first-order valence-electron chi connectivity index (χ1n) is 9.81. The van der Waals surface area contributed by atoms with Gasteiger partial charge in [-0.25, -0.2) is 9.89 Å². The largest absolute Gasteiger partial charge is 0.324 e. The van der Waals surface area contributed by atoms with Crippen LogP contribution in [0.15, 0.2) is 58.5 Å². The van der Waals surface area contributed by atoms with Crippen molar-refractivity contribution in [1.29, 1.82) is 0 Å². The summed E-state index contributed by atoms with van der Waals surface area (Å²) in [6.45, 7) is 3.81. The quantitative estimate of drug-likeness (QED) is 0.721. The van der Waals surface area contributed by atoms with Gasteiger partial charge in [0.15, 0.2) is 5.17 Å². The van der Waals surface area contributed by atoms with Gasteiger partial charge in [0.05, 0.1) is 21.6 Å². The van der Waals surface area contributed by atoms with E-state index in [-0.39, 0.29) is 11.8 Å². The molecule has 2 aliphatic heterocycles. The Labute approximate surface area is 184 Å². The molecule has 8 heteroatoms. The van der Waals surface area contributed by atoms with Gasteiger partial charge in [0, 0.05) is 5.56 Å². The highest BCUT2D eigenvalue weighted by atomic mass is 35.5. The number of nitrogens with one attached hydrogen (secondary N) is 1. The first kappa shape index (κ1) is 20.6. The van der Waals surface area contributed by atoms with Gasteiger partial charge in [-0.3, -0.25) is 14.6 Å². The van der Waals surface area contributed by atoms with Crippen LogP contribution in [0.1, 0.15) is 32.3 Å². The van der Waals surface area contributed by atoms with Crippen LogP contribution in [-0.4, -0.2) is 39.0 Å². The van der Waals surface area contributed by atoms with Crippen molar-refractivity contribution in [2.45, 2.75) is 38.0 Å². The molecule has 0 aliphatic carbocycles. The molecule has 2 aliphatic rings. The van der Waals surface area contributed by atoms with Crippen LogP contribution in [0.3, 0.4) is 0 Å². The molecule has 2 heterocycles. The fourth-order valence-electron chi connectivity index (χ4n) is 3.35. The number of amides is 2. The third kappa shape index (κ3) is 3.87. The summed E-state index contributed by atoms with van der Waals surface area (Å²) in [4.78, 5) is 36.7. The lowest BCUT2D eigenvalue weighted by Gasteiger charge is -2.27. The van der Waals surface area contributed by atoms with E-state index in [1.165, 1.54) is 11.8 Å². The molecule has 0 spiro atoms. The molecule has 0 saturated heterocycles. The number of aliphatic imine (C=N–C) groups is 2. The van der Waals surface area contributed by atoms with Gasteiger partial charge in [-0.2, -0.15) is 0 Å². The van der Waals surface area contributed by atoms with Gasteiger partial charge < -0.3 is 5.32 Å². The van der Waals surface area contributed by atoms with Crippen molar-refractivity contribution >= 4 is 57.6 Å². The van der Waals surface area contributed by atoms with Crippen molar-refractivity contribution in [1.82, 2.24) is 4.90 Å². The summed E-state index contributed by atoms with van der Waals surface area (Å²) >= 11 is 7.38. The average molecular weight is 441 g/mol. The van der Waals surface area contributed by atoms with E-state index in [0.717, 1.165) is 17.7 Å². The maximum Gasteiger partial charge on any atom is 0.259 e. The second kappa shape index (κ2) is 8.62. The van der Waals surface area contributed by atoms with Crippen LogP contribution in [0.25, 0.3) is 0 Å². The van der Waals surface area contributed by atoms with E-state index in [4.69, 9.17) is 11.6 Å². The molecule has 2 aromatic rings. The molecular formula is C22H21ClN4O2S. The molecule has 4 rings (SSSR count). The molecular weight excluding hydrogens is 420 g/mol. The summed E-state index contributed by atoms with van der Waals surface area (Å²) in [7, 11) is 0. The Kier molecular flexibility index (Phi) is 5.92. The number of hydrogen-bond donors (Lipinski definition) is 1. The van der Waals surface area contributed by atoms with Gasteiger partial charge in [-0.15, -0.1) is 0 Å². The number of halogens is 1. The number of anilines is 1. The van der Waals surface area contributed by atoms with Crippen LogP contribution in [0.2, 0.25) is 5.02 Å². The van der Waals surface area contributed by atoms with Crippen LogP contribution in [0, 0.1) is 0 Å². The van der Waals surface area contributed by atoms with Crippen molar-refractivity contribution in [3.63, 3.8) is 0 Å². The average Bonchev–Trinajstić information content (AvgIpc) is 3.07. The minimum atomic E-state index is -0.496. The van der Waals surface area contributed by atoms with Gasteiger partial charge in [-0.05, 0) is 37.6 Å². The van der Waals surface area contributed by atoms with Crippen molar-refractivity contribution < 1.29 is 9.59 Å². The Hall–Kier alpha value is -2.64. The van der Waals surface area contributed by atoms with Crippen molar-refractivity contribution in [2.24, 2.45) is 9.98 Å². The molecule has 0 fully saturated rings. The number of benzene rings is 2. The van der Waals surface area contributed by atoms with E-state index in [0.29, 0.717) is 28.1 Å². The molecule has 2 aromatic carbocycles. The maximum atomic E-state index is 13.0. The van der Waals surface area contributed by atoms with Crippen molar-refractivity contribution in [3.8, 4) is 0 Å². The summed E-state index contributed by atoms with van der Waals surface area (Å²) in [5, 5.41) is 3.28. The zero-order valence-electron chi connectivity index (χ0n) is 16.6. The predicted molar refractivity (Wildman–Crippen MR) is 123 cm³/mol. The summed E-state index contributed by atoms with van der Waals surface area (Å²) in [5.41, 5.74) is 2.13. The molecule has 0 unspecified atom stereocenters. The first-order chi connectivity index (χ1) is 14.5. The molecule has 1 N–H and O–H groups in total. The standard InChI is InChI=1S/C22H21ClN4O2S/c1-3-8-18-21(29)27-19(24-18)14-9-4-6-11-16(14)26-22(27)30-13(2)20(28)25-17-12-7-5-10-15(17)23/h4-7,9-13,18H,3,8H2,1-2H3,(H,25,28)/t13-,18+/m0/s1. The number of fused-ring (bicyclic) bond motifs is 3. The minimum Gasteiger partial charge on any atom is -0.324 e. The van der Waals surface area contributed by atoms with Crippen LogP contribution < -0.4 is 5.32 Å². The lowest BCUT2D eigenvalue weighted by molar-refractivity contribution is -0.124. The molecule has 30 heavy (non-hydrogen) atoms. The highest BCUT2D eigenvalue weighted by molar-refractivity contribution is 8.15. The van der Waals surface area contributed by atoms with Crippen molar-refractivity contribution in [3.05, 3.63) is 59.1 Å². The number of para-hydroxylation sites is 2. The van der Waals surface area contributed by atoms with E-state index >= 15 is 0 Å². The van der Waals surface area contributed by atoms with Crippen LogP contribution in [0.4, 0.5) is 11.4 Å². The van der Waals surface area contributed by atoms with E-state index in [1.54, 1.807) is 36.1 Å². The third-order valence-corrected chi connectivity index (χ3v) is 6.27. The molecule has 0 bridgehead atoms. The van der Waals surface area contributed by atoms with Gasteiger partial charge in [0.1, 0.15) is 11.9 Å². The van der Waals surface area contributed by atoms with Gasteiger partial charge in [0.2, 0.25) is 5.91 Å². The van der Waals surface area contributed by atoms with Crippen LogP contribution >= 0.6 is 23.4 Å². The number of nitrogens with zero attached hydrogens (tertiary/aromatic N) is 3. The van der Waals surface area contributed by atoms with Gasteiger partial charge >= 0.3 is 0 Å². The van der Waals surface area contributed by atoms with Crippen LogP contribution in [-0.2, 0) is 9.59 Å². The molecule has 0 radical (unpaired) electrons. The van der Waals surface area contributed by atoms with Crippen molar-refractivity contribution in [2.75, 3.05) is 5.32 Å². The monoisotopic (exact) mass is 440 g/mol. The summed E-state index contributed by atoms with van der Waals surface area (Å²) in [6, 6.07) is 14.3. The summed E-state index contributed by atoms with van der Waals surface area (Å²) in [5.74, 6) is 0.307. The molecule has 0 aromatic heterocycles. The SMILES string of the molecule is CCC[C@H]1N=C2c3ccccc3N=C(S[C@@H](C)C(=O)Nc3ccccc3Cl)N2C1=O. The third-order valence-electron chi connectivity index (χ3n) is 4.89. The topological polar surface area (TPSA) is 74.1 Å². The number of amidine groups is 2. The second-order valence-electron chi connectivity index (χ2n) is 7.07. The smallest absolute Gasteiger partial charge is 0.259 e. The number of carbonyl (C=O) groups is 2. The Morgan fingerprint density at radius 2 is 1.97 bits per heavy atom. The Balaban J connectivity index is 1.59. The fourth-order valence-corrected chi connectivity index (χ4v) is 4.45. The van der Waals surface area contributed by atoms with E-state index in [9.17, 15) is 9.59 Å². The second-order valence-corrected chi connectivity index (χ2v) is 8.79. The highest BCUT2D eigenvalue weighted by Crippen LogP contribution is 2.35. The molecule has 154 valence electrons. The lowest BCUT2D eigenvalue weighted by atomic mass is 10.1. The fraction of sp³-hybridized carbons (Fsp3) is 0.273. The molecule has 2 atom stereocenters. The van der Waals surface area contributed by atoms with Gasteiger partial charge in [-0.1, -0.05) is 61.0 Å². The van der Waals surface area contributed by atoms with E-state index < -0.39 is 11.3 Å². The van der Waals surface area contributed by atoms with E-state index in [1.807, 2.05) is 31.2 Å². The molecule has 6 nitrogen and oxygen atoms in total. The normalized spacial score (nSPS) is 18.3. The van der Waals surface area contributed by atoms with E-state index in [2.05, 4.69) is 15.3 Å². The Bertz CT molecular complexity index is 1070. The number of carbonyl (C=O) groups excluding carboxylic acids is 2. The first-order valence-corrected chi connectivity index (χ1v) is 11.1. The Morgan fingerprint density at radius 3 is 2.73 bits per heavy atom.